The molecule has 2 nitrogen and oxygen atoms in total. The summed E-state index contributed by atoms with van der Waals surface area (Å²) in [5, 5.41) is 10.4. The van der Waals surface area contributed by atoms with Gasteiger partial charge in [-0.15, -0.1) is 0 Å². The lowest BCUT2D eigenvalue weighted by atomic mass is 9.94. The number of furan rings is 1. The van der Waals surface area contributed by atoms with Gasteiger partial charge in [0.2, 0.25) is 0 Å². The molecular weight excluding hydrogens is 212 g/mol. The molecule has 1 N–H and O–H groups in total. The molecule has 0 aliphatic heterocycles. The summed E-state index contributed by atoms with van der Waals surface area (Å²) in [5.74, 6) is 1.43. The third kappa shape index (κ3) is 2.27. The second-order valence-corrected chi connectivity index (χ2v) is 4.66. The molecule has 1 aromatic carbocycles. The Labute approximate surface area is 102 Å². The molecule has 1 aromatic heterocycles. The lowest BCUT2D eigenvalue weighted by molar-refractivity contribution is 0.186. The molecule has 0 aliphatic carbocycles. The largest absolute Gasteiger partial charge is 0.463 e. The smallest absolute Gasteiger partial charge is 0.137 e. The minimum Gasteiger partial charge on any atom is -0.463 e. The molecule has 90 valence electrons. The Morgan fingerprint density at radius 2 is 1.59 bits per heavy atom. The number of aryl methyl sites for hydroxylation is 4. The zero-order valence-electron chi connectivity index (χ0n) is 10.7. The first-order valence-electron chi connectivity index (χ1n) is 5.81. The van der Waals surface area contributed by atoms with E-state index < -0.39 is 6.10 Å². The number of hydrogen-bond donors (Lipinski definition) is 1. The lowest BCUT2D eigenvalue weighted by Crippen LogP contribution is -2.04. The van der Waals surface area contributed by atoms with E-state index in [-0.39, 0.29) is 0 Å². The van der Waals surface area contributed by atoms with Gasteiger partial charge < -0.3 is 9.52 Å². The fraction of sp³-hybridized carbons (Fsp3) is 0.333. The molecule has 17 heavy (non-hydrogen) atoms. The zero-order valence-corrected chi connectivity index (χ0v) is 10.7. The molecule has 0 saturated carbocycles. The van der Waals surface area contributed by atoms with E-state index in [4.69, 9.17) is 4.42 Å². The lowest BCUT2D eigenvalue weighted by Gasteiger charge is -2.15. The van der Waals surface area contributed by atoms with Crippen molar-refractivity contribution in [1.82, 2.24) is 0 Å². The van der Waals surface area contributed by atoms with Crippen molar-refractivity contribution in [2.24, 2.45) is 0 Å². The average molecular weight is 230 g/mol. The van der Waals surface area contributed by atoms with Crippen molar-refractivity contribution in [3.63, 3.8) is 0 Å². The van der Waals surface area contributed by atoms with Crippen LogP contribution >= 0.6 is 0 Å². The van der Waals surface area contributed by atoms with Crippen LogP contribution in [0.1, 0.15) is 39.9 Å². The van der Waals surface area contributed by atoms with Crippen molar-refractivity contribution >= 4 is 0 Å². The molecule has 2 heteroatoms. The van der Waals surface area contributed by atoms with Crippen LogP contribution in [0.25, 0.3) is 0 Å². The van der Waals surface area contributed by atoms with E-state index in [2.05, 4.69) is 19.1 Å². The van der Waals surface area contributed by atoms with Crippen LogP contribution in [0.3, 0.4) is 0 Å². The second kappa shape index (κ2) is 4.38. The summed E-state index contributed by atoms with van der Waals surface area (Å²) in [7, 11) is 0. The molecule has 1 unspecified atom stereocenters. The van der Waals surface area contributed by atoms with Crippen LogP contribution in [-0.4, -0.2) is 5.11 Å². The van der Waals surface area contributed by atoms with Crippen LogP contribution in [0.4, 0.5) is 0 Å². The van der Waals surface area contributed by atoms with Gasteiger partial charge in [-0.2, -0.15) is 0 Å². The highest BCUT2D eigenvalue weighted by Gasteiger charge is 2.18. The molecule has 0 saturated heterocycles. The molecule has 0 amide bonds. The maximum absolute atomic E-state index is 10.4. The van der Waals surface area contributed by atoms with E-state index in [1.54, 1.807) is 0 Å². The summed E-state index contributed by atoms with van der Waals surface area (Å²) in [4.78, 5) is 0. The van der Waals surface area contributed by atoms with Crippen LogP contribution in [0.15, 0.2) is 28.7 Å². The minimum absolute atomic E-state index is 0.609. The predicted molar refractivity (Wildman–Crippen MR) is 68.2 cm³/mol. The Balaban J connectivity index is 2.47. The first kappa shape index (κ1) is 11.9. The van der Waals surface area contributed by atoms with Gasteiger partial charge in [0.25, 0.3) is 0 Å². The van der Waals surface area contributed by atoms with Gasteiger partial charge in [-0.05, 0) is 56.5 Å². The quantitative estimate of drug-likeness (QED) is 0.855. The molecule has 1 atom stereocenters. The van der Waals surface area contributed by atoms with Crippen molar-refractivity contribution in [3.8, 4) is 0 Å². The van der Waals surface area contributed by atoms with Crippen molar-refractivity contribution in [3.05, 3.63) is 58.0 Å². The summed E-state index contributed by atoms with van der Waals surface area (Å²) in [6.07, 6.45) is -0.677. The van der Waals surface area contributed by atoms with Crippen LogP contribution in [-0.2, 0) is 0 Å². The third-order valence-corrected chi connectivity index (χ3v) is 3.04. The molecule has 0 bridgehead atoms. The molecule has 0 spiro atoms. The predicted octanol–water partition coefficient (Wildman–Crippen LogP) is 3.59. The van der Waals surface area contributed by atoms with Gasteiger partial charge in [0.15, 0.2) is 0 Å². The molecule has 0 aliphatic rings. The minimum atomic E-state index is -0.677. The van der Waals surface area contributed by atoms with E-state index in [0.29, 0.717) is 5.76 Å². The summed E-state index contributed by atoms with van der Waals surface area (Å²) in [6, 6.07) is 7.87. The van der Waals surface area contributed by atoms with E-state index >= 15 is 0 Å². The topological polar surface area (TPSA) is 33.4 Å². The number of aliphatic hydroxyl groups excluding tert-OH is 1. The van der Waals surface area contributed by atoms with Gasteiger partial charge in [-0.1, -0.05) is 17.7 Å². The van der Waals surface area contributed by atoms with Crippen molar-refractivity contribution < 1.29 is 9.52 Å². The van der Waals surface area contributed by atoms with E-state index in [0.717, 1.165) is 22.5 Å². The highest BCUT2D eigenvalue weighted by molar-refractivity contribution is 5.41. The van der Waals surface area contributed by atoms with Gasteiger partial charge in [0.05, 0.1) is 0 Å². The van der Waals surface area contributed by atoms with Gasteiger partial charge in [-0.25, -0.2) is 0 Å². The van der Waals surface area contributed by atoms with E-state index in [1.165, 1.54) is 5.56 Å². The molecule has 1 heterocycles. The van der Waals surface area contributed by atoms with Crippen LogP contribution in [0.2, 0.25) is 0 Å². The summed E-state index contributed by atoms with van der Waals surface area (Å²) in [5.41, 5.74) is 4.37. The number of hydrogen-bond acceptors (Lipinski definition) is 2. The Bertz CT molecular complexity index is 515. The third-order valence-electron chi connectivity index (χ3n) is 3.04. The average Bonchev–Trinajstić information content (AvgIpc) is 2.63. The van der Waals surface area contributed by atoms with Crippen molar-refractivity contribution in [1.29, 1.82) is 0 Å². The highest BCUT2D eigenvalue weighted by atomic mass is 16.4. The van der Waals surface area contributed by atoms with Gasteiger partial charge in [0.1, 0.15) is 17.6 Å². The van der Waals surface area contributed by atoms with E-state index in [1.807, 2.05) is 32.9 Å². The second-order valence-electron chi connectivity index (χ2n) is 4.66. The summed E-state index contributed by atoms with van der Waals surface area (Å²) >= 11 is 0. The Kier molecular flexibility index (Phi) is 3.07. The Morgan fingerprint density at radius 3 is 2.06 bits per heavy atom. The van der Waals surface area contributed by atoms with Gasteiger partial charge in [0, 0.05) is 0 Å². The highest BCUT2D eigenvalue weighted by Crippen LogP contribution is 2.29. The number of benzene rings is 1. The Hall–Kier alpha value is -1.54. The van der Waals surface area contributed by atoms with Crippen LogP contribution in [0, 0.1) is 27.7 Å². The maximum atomic E-state index is 10.4. The standard InChI is InChI=1S/C15H18O2/c1-9-7-10(2)14(11(3)8-9)15(16)13-6-5-12(4)17-13/h5-8,15-16H,1-4H3. The summed E-state index contributed by atoms with van der Waals surface area (Å²) < 4.78 is 5.49. The number of rotatable bonds is 2. The van der Waals surface area contributed by atoms with Crippen LogP contribution in [0.5, 0.6) is 0 Å². The normalized spacial score (nSPS) is 12.8. The Morgan fingerprint density at radius 1 is 1.00 bits per heavy atom. The first-order chi connectivity index (χ1) is 7.99. The fourth-order valence-electron chi connectivity index (χ4n) is 2.37. The van der Waals surface area contributed by atoms with Crippen LogP contribution < -0.4 is 0 Å². The number of aliphatic hydroxyl groups is 1. The molecule has 0 radical (unpaired) electrons. The van der Waals surface area contributed by atoms with Gasteiger partial charge >= 0.3 is 0 Å². The summed E-state index contributed by atoms with van der Waals surface area (Å²) in [6.45, 7) is 7.99. The molecule has 2 rings (SSSR count). The zero-order chi connectivity index (χ0) is 12.6. The monoisotopic (exact) mass is 230 g/mol. The maximum Gasteiger partial charge on any atom is 0.137 e. The SMILES string of the molecule is Cc1cc(C)c(C(O)c2ccc(C)o2)c(C)c1. The molecule has 0 fully saturated rings. The van der Waals surface area contributed by atoms with Crippen molar-refractivity contribution in [2.45, 2.75) is 33.8 Å². The van der Waals surface area contributed by atoms with Gasteiger partial charge in [-0.3, -0.25) is 0 Å². The van der Waals surface area contributed by atoms with E-state index in [9.17, 15) is 5.11 Å². The molecular formula is C15H18O2. The fourth-order valence-corrected chi connectivity index (χ4v) is 2.37. The molecule has 2 aromatic rings. The van der Waals surface area contributed by atoms with Crippen molar-refractivity contribution in [2.75, 3.05) is 0 Å². The first-order valence-corrected chi connectivity index (χ1v) is 5.81.